The van der Waals surface area contributed by atoms with E-state index in [0.29, 0.717) is 19.7 Å². The van der Waals surface area contributed by atoms with E-state index in [0.717, 1.165) is 36.5 Å². The Morgan fingerprint density at radius 2 is 1.59 bits per heavy atom. The van der Waals surface area contributed by atoms with E-state index in [-0.39, 0.29) is 5.75 Å². The molecule has 0 saturated carbocycles. The van der Waals surface area contributed by atoms with E-state index >= 15 is 0 Å². The maximum absolute atomic E-state index is 12.7. The second-order valence-electron chi connectivity index (χ2n) is 7.08. The van der Waals surface area contributed by atoms with Gasteiger partial charge in [-0.25, -0.2) is 8.42 Å². The fourth-order valence-corrected chi connectivity index (χ4v) is 4.84. The second-order valence-corrected chi connectivity index (χ2v) is 9.05. The summed E-state index contributed by atoms with van der Waals surface area (Å²) in [5.41, 5.74) is 3.12. The zero-order valence-corrected chi connectivity index (χ0v) is 16.9. The largest absolute Gasteiger partial charge is 0.492 e. The summed E-state index contributed by atoms with van der Waals surface area (Å²) >= 11 is 0. The quantitative estimate of drug-likeness (QED) is 0.732. The van der Waals surface area contributed by atoms with Gasteiger partial charge in [-0.2, -0.15) is 4.31 Å². The zero-order valence-electron chi connectivity index (χ0n) is 16.1. The Morgan fingerprint density at radius 3 is 2.26 bits per heavy atom. The summed E-state index contributed by atoms with van der Waals surface area (Å²) in [6.45, 7) is 7.98. The summed E-state index contributed by atoms with van der Waals surface area (Å²) < 4.78 is 32.8. The average Bonchev–Trinajstić information content (AvgIpc) is 2.66. The zero-order chi connectivity index (χ0) is 19.3. The van der Waals surface area contributed by atoms with Crippen LogP contribution in [0.15, 0.2) is 48.5 Å². The first kappa shape index (κ1) is 19.9. The molecule has 6 heteroatoms. The van der Waals surface area contributed by atoms with Gasteiger partial charge in [0, 0.05) is 32.7 Å². The Bertz CT molecular complexity index is 842. The molecule has 2 aromatic rings. The molecular weight excluding hydrogens is 360 g/mol. The predicted molar refractivity (Wildman–Crippen MR) is 108 cm³/mol. The molecule has 1 aliphatic rings. The molecule has 2 aromatic carbocycles. The smallest absolute Gasteiger partial charge is 0.218 e. The van der Waals surface area contributed by atoms with Crippen LogP contribution in [-0.2, 0) is 15.8 Å². The lowest BCUT2D eigenvalue weighted by atomic mass is 10.1. The Kier molecular flexibility index (Phi) is 6.52. The highest BCUT2D eigenvalue weighted by molar-refractivity contribution is 7.88. The first-order chi connectivity index (χ1) is 12.9. The molecule has 0 spiro atoms. The number of rotatable bonds is 7. The lowest BCUT2D eigenvalue weighted by Gasteiger charge is -2.34. The second kappa shape index (κ2) is 8.87. The highest BCUT2D eigenvalue weighted by Gasteiger charge is 2.27. The minimum absolute atomic E-state index is 0.0796. The van der Waals surface area contributed by atoms with Crippen molar-refractivity contribution in [3.63, 3.8) is 0 Å². The summed E-state index contributed by atoms with van der Waals surface area (Å²) in [6, 6.07) is 15.7. The minimum Gasteiger partial charge on any atom is -0.492 e. The first-order valence-corrected chi connectivity index (χ1v) is 11.0. The molecule has 0 bridgehead atoms. The van der Waals surface area contributed by atoms with Gasteiger partial charge in [0.2, 0.25) is 10.0 Å². The average molecular weight is 389 g/mol. The number of hydrogen-bond acceptors (Lipinski definition) is 4. The van der Waals surface area contributed by atoms with Gasteiger partial charge in [-0.05, 0) is 37.1 Å². The first-order valence-electron chi connectivity index (χ1n) is 9.38. The number of nitrogens with zero attached hydrogens (tertiary/aromatic N) is 2. The summed E-state index contributed by atoms with van der Waals surface area (Å²) in [6.07, 6.45) is 0. The van der Waals surface area contributed by atoms with Gasteiger partial charge in [0.15, 0.2) is 0 Å². The standard InChI is InChI=1S/C21H28N2O3S/c1-18-7-9-21(10-8-18)26-16-15-22-11-13-23(14-12-22)27(24,25)17-20-6-4-3-5-19(20)2/h3-10H,11-17H2,1-2H3. The summed E-state index contributed by atoms with van der Waals surface area (Å²) in [4.78, 5) is 2.26. The van der Waals surface area contributed by atoms with Crippen molar-refractivity contribution in [2.24, 2.45) is 0 Å². The van der Waals surface area contributed by atoms with Crippen LogP contribution in [0.25, 0.3) is 0 Å². The Balaban J connectivity index is 1.45. The molecule has 1 heterocycles. The van der Waals surface area contributed by atoms with Crippen molar-refractivity contribution in [3.05, 3.63) is 65.2 Å². The molecule has 1 fully saturated rings. The normalized spacial score (nSPS) is 16.4. The number of ether oxygens (including phenoxy) is 1. The molecule has 146 valence electrons. The van der Waals surface area contributed by atoms with Crippen LogP contribution in [0.2, 0.25) is 0 Å². The Hall–Kier alpha value is -1.89. The van der Waals surface area contributed by atoms with Crippen molar-refractivity contribution in [2.75, 3.05) is 39.3 Å². The van der Waals surface area contributed by atoms with E-state index in [2.05, 4.69) is 11.8 Å². The number of sulfonamides is 1. The molecule has 0 aromatic heterocycles. The van der Waals surface area contributed by atoms with Gasteiger partial charge in [0.25, 0.3) is 0 Å². The molecule has 1 saturated heterocycles. The molecule has 0 radical (unpaired) electrons. The molecule has 1 aliphatic heterocycles. The van der Waals surface area contributed by atoms with Crippen LogP contribution in [0.3, 0.4) is 0 Å². The highest BCUT2D eigenvalue weighted by Crippen LogP contribution is 2.16. The van der Waals surface area contributed by atoms with E-state index in [1.165, 1.54) is 5.56 Å². The molecule has 0 aliphatic carbocycles. The molecule has 5 nitrogen and oxygen atoms in total. The van der Waals surface area contributed by atoms with E-state index < -0.39 is 10.0 Å². The van der Waals surface area contributed by atoms with Gasteiger partial charge in [-0.1, -0.05) is 42.0 Å². The molecule has 0 N–H and O–H groups in total. The highest BCUT2D eigenvalue weighted by atomic mass is 32.2. The van der Waals surface area contributed by atoms with E-state index in [9.17, 15) is 8.42 Å². The van der Waals surface area contributed by atoms with Gasteiger partial charge < -0.3 is 4.74 Å². The fourth-order valence-electron chi connectivity index (χ4n) is 3.22. The molecular formula is C21H28N2O3S. The van der Waals surface area contributed by atoms with Crippen molar-refractivity contribution in [2.45, 2.75) is 19.6 Å². The Labute approximate surface area is 162 Å². The van der Waals surface area contributed by atoms with Gasteiger partial charge in [-0.3, -0.25) is 4.90 Å². The SMILES string of the molecule is Cc1ccc(OCCN2CCN(S(=O)(=O)Cc3ccccc3C)CC2)cc1. The van der Waals surface area contributed by atoms with Gasteiger partial charge >= 0.3 is 0 Å². The molecule has 0 atom stereocenters. The van der Waals surface area contributed by atoms with Crippen LogP contribution in [-0.4, -0.2) is 57.0 Å². The predicted octanol–water partition coefficient (Wildman–Crippen LogP) is 2.83. The summed E-state index contributed by atoms with van der Waals surface area (Å²) in [5.74, 6) is 0.955. The fraction of sp³-hybridized carbons (Fsp3) is 0.429. The third-order valence-corrected chi connectivity index (χ3v) is 6.85. The lowest BCUT2D eigenvalue weighted by Crippen LogP contribution is -2.49. The number of aryl methyl sites for hydroxylation is 2. The van der Waals surface area contributed by atoms with Crippen LogP contribution < -0.4 is 4.74 Å². The third-order valence-electron chi connectivity index (χ3n) is 5.02. The van der Waals surface area contributed by atoms with Crippen LogP contribution >= 0.6 is 0 Å². The molecule has 3 rings (SSSR count). The van der Waals surface area contributed by atoms with Crippen molar-refractivity contribution in [1.29, 1.82) is 0 Å². The van der Waals surface area contributed by atoms with Gasteiger partial charge in [-0.15, -0.1) is 0 Å². The van der Waals surface area contributed by atoms with Gasteiger partial charge in [0.1, 0.15) is 12.4 Å². The van der Waals surface area contributed by atoms with Crippen molar-refractivity contribution < 1.29 is 13.2 Å². The van der Waals surface area contributed by atoms with Crippen LogP contribution in [0.1, 0.15) is 16.7 Å². The van der Waals surface area contributed by atoms with E-state index in [4.69, 9.17) is 4.74 Å². The van der Waals surface area contributed by atoms with Crippen molar-refractivity contribution in [1.82, 2.24) is 9.21 Å². The number of benzene rings is 2. The molecule has 0 unspecified atom stereocenters. The van der Waals surface area contributed by atoms with Gasteiger partial charge in [0.05, 0.1) is 5.75 Å². The minimum atomic E-state index is -3.27. The Morgan fingerprint density at radius 1 is 0.926 bits per heavy atom. The van der Waals surface area contributed by atoms with Crippen LogP contribution in [0, 0.1) is 13.8 Å². The van der Waals surface area contributed by atoms with E-state index in [1.54, 1.807) is 4.31 Å². The topological polar surface area (TPSA) is 49.9 Å². The molecule has 27 heavy (non-hydrogen) atoms. The number of piperazine rings is 1. The van der Waals surface area contributed by atoms with Crippen molar-refractivity contribution >= 4 is 10.0 Å². The van der Waals surface area contributed by atoms with Crippen molar-refractivity contribution in [3.8, 4) is 5.75 Å². The monoisotopic (exact) mass is 388 g/mol. The maximum atomic E-state index is 12.7. The van der Waals surface area contributed by atoms with Crippen LogP contribution in [0.4, 0.5) is 0 Å². The number of hydrogen-bond donors (Lipinski definition) is 0. The van der Waals surface area contributed by atoms with E-state index in [1.807, 2.05) is 55.5 Å². The summed E-state index contributed by atoms with van der Waals surface area (Å²) in [5, 5.41) is 0. The molecule has 0 amide bonds. The summed E-state index contributed by atoms with van der Waals surface area (Å²) in [7, 11) is -3.27. The third kappa shape index (κ3) is 5.54. The van der Waals surface area contributed by atoms with Crippen LogP contribution in [0.5, 0.6) is 5.75 Å². The lowest BCUT2D eigenvalue weighted by molar-refractivity contribution is 0.159. The maximum Gasteiger partial charge on any atom is 0.218 e.